The summed E-state index contributed by atoms with van der Waals surface area (Å²) < 4.78 is 0. The first kappa shape index (κ1) is 11.4. The van der Waals surface area contributed by atoms with Crippen molar-refractivity contribution in [3.05, 3.63) is 28.5 Å². The fourth-order valence-electron chi connectivity index (χ4n) is 1.30. The van der Waals surface area contributed by atoms with Gasteiger partial charge in [-0.25, -0.2) is 4.98 Å². The lowest BCUT2D eigenvalue weighted by atomic mass is 9.99. The van der Waals surface area contributed by atoms with Gasteiger partial charge in [-0.2, -0.15) is 0 Å². The van der Waals surface area contributed by atoms with Crippen molar-refractivity contribution in [1.29, 1.82) is 0 Å². The van der Waals surface area contributed by atoms with Crippen LogP contribution < -0.4 is 5.73 Å². The molecule has 0 spiro atoms. The molecule has 0 aliphatic heterocycles. The molecule has 1 aromatic heterocycles. The van der Waals surface area contributed by atoms with Gasteiger partial charge in [0.15, 0.2) is 0 Å². The van der Waals surface area contributed by atoms with Crippen LogP contribution in [0, 0.1) is 6.92 Å². The maximum atomic E-state index is 9.85. The SMILES string of the molecule is CC[C@@H](N)[C@@H](O)c1cnc(Cl)cc1C. The molecule has 1 aromatic rings. The summed E-state index contributed by atoms with van der Waals surface area (Å²) in [5.74, 6) is 0. The topological polar surface area (TPSA) is 59.1 Å². The zero-order chi connectivity index (χ0) is 10.7. The molecule has 1 heterocycles. The Kier molecular flexibility index (Phi) is 3.86. The quantitative estimate of drug-likeness (QED) is 0.755. The van der Waals surface area contributed by atoms with E-state index in [1.54, 1.807) is 12.3 Å². The lowest BCUT2D eigenvalue weighted by Crippen LogP contribution is -2.27. The van der Waals surface area contributed by atoms with E-state index in [1.807, 2.05) is 13.8 Å². The van der Waals surface area contributed by atoms with E-state index >= 15 is 0 Å². The summed E-state index contributed by atoms with van der Waals surface area (Å²) in [6, 6.07) is 1.47. The molecule has 0 saturated heterocycles. The van der Waals surface area contributed by atoms with Crippen molar-refractivity contribution in [1.82, 2.24) is 4.98 Å². The second-order valence-corrected chi connectivity index (χ2v) is 3.77. The average molecular weight is 215 g/mol. The van der Waals surface area contributed by atoms with Gasteiger partial charge < -0.3 is 10.8 Å². The summed E-state index contributed by atoms with van der Waals surface area (Å²) in [5.41, 5.74) is 7.42. The largest absolute Gasteiger partial charge is 0.387 e. The number of hydrogen-bond donors (Lipinski definition) is 2. The first-order chi connectivity index (χ1) is 6.56. The number of aliphatic hydroxyl groups excluding tert-OH is 1. The summed E-state index contributed by atoms with van der Waals surface area (Å²) in [6.07, 6.45) is 1.64. The predicted octanol–water partition coefficient (Wildman–Crippen LogP) is 1.81. The molecule has 14 heavy (non-hydrogen) atoms. The number of pyridine rings is 1. The fourth-order valence-corrected chi connectivity index (χ4v) is 1.51. The van der Waals surface area contributed by atoms with Gasteiger partial charge in [0.2, 0.25) is 0 Å². The highest BCUT2D eigenvalue weighted by Crippen LogP contribution is 2.22. The Morgan fingerprint density at radius 3 is 2.79 bits per heavy atom. The number of aliphatic hydroxyl groups is 1. The molecule has 0 bridgehead atoms. The van der Waals surface area contributed by atoms with Gasteiger partial charge in [0.25, 0.3) is 0 Å². The Morgan fingerprint density at radius 2 is 2.29 bits per heavy atom. The lowest BCUT2D eigenvalue weighted by Gasteiger charge is -2.18. The average Bonchev–Trinajstić information content (AvgIpc) is 2.15. The van der Waals surface area contributed by atoms with Crippen molar-refractivity contribution in [2.45, 2.75) is 32.4 Å². The Labute approximate surface area is 88.9 Å². The normalized spacial score (nSPS) is 15.2. The molecule has 0 aliphatic rings. The van der Waals surface area contributed by atoms with Crippen molar-refractivity contribution in [2.24, 2.45) is 5.73 Å². The Morgan fingerprint density at radius 1 is 1.64 bits per heavy atom. The Bertz CT molecular complexity index is 317. The molecule has 4 heteroatoms. The monoisotopic (exact) mass is 214 g/mol. The van der Waals surface area contributed by atoms with Crippen LogP contribution in [-0.4, -0.2) is 16.1 Å². The van der Waals surface area contributed by atoms with E-state index in [0.717, 1.165) is 17.5 Å². The molecule has 3 N–H and O–H groups in total. The summed E-state index contributed by atoms with van der Waals surface area (Å²) in [5, 5.41) is 10.3. The molecule has 78 valence electrons. The maximum absolute atomic E-state index is 9.85. The predicted molar refractivity (Wildman–Crippen MR) is 57.2 cm³/mol. The number of halogens is 1. The third kappa shape index (κ3) is 2.44. The smallest absolute Gasteiger partial charge is 0.129 e. The van der Waals surface area contributed by atoms with E-state index in [4.69, 9.17) is 17.3 Å². The van der Waals surface area contributed by atoms with Gasteiger partial charge in [0, 0.05) is 17.8 Å². The van der Waals surface area contributed by atoms with Crippen LogP contribution in [0.25, 0.3) is 0 Å². The molecule has 0 radical (unpaired) electrons. The van der Waals surface area contributed by atoms with Gasteiger partial charge in [0.1, 0.15) is 5.15 Å². The highest BCUT2D eigenvalue weighted by atomic mass is 35.5. The number of aryl methyl sites for hydroxylation is 1. The highest BCUT2D eigenvalue weighted by molar-refractivity contribution is 6.29. The molecule has 0 fully saturated rings. The maximum Gasteiger partial charge on any atom is 0.129 e. The molecule has 2 atom stereocenters. The second-order valence-electron chi connectivity index (χ2n) is 3.38. The number of aromatic nitrogens is 1. The van der Waals surface area contributed by atoms with Gasteiger partial charge >= 0.3 is 0 Å². The first-order valence-corrected chi connectivity index (χ1v) is 4.99. The first-order valence-electron chi connectivity index (χ1n) is 4.62. The van der Waals surface area contributed by atoms with Crippen LogP contribution in [0.1, 0.15) is 30.6 Å². The van der Waals surface area contributed by atoms with Crippen molar-refractivity contribution >= 4 is 11.6 Å². The van der Waals surface area contributed by atoms with E-state index in [2.05, 4.69) is 4.98 Å². The number of hydrogen-bond acceptors (Lipinski definition) is 3. The number of nitrogens with two attached hydrogens (primary N) is 1. The summed E-state index contributed by atoms with van der Waals surface area (Å²) >= 11 is 5.71. The lowest BCUT2D eigenvalue weighted by molar-refractivity contribution is 0.143. The minimum Gasteiger partial charge on any atom is -0.387 e. The minimum absolute atomic E-state index is 0.253. The van der Waals surface area contributed by atoms with E-state index in [-0.39, 0.29) is 6.04 Å². The molecule has 0 saturated carbocycles. The minimum atomic E-state index is -0.662. The van der Waals surface area contributed by atoms with Crippen LogP contribution in [0.4, 0.5) is 0 Å². The second kappa shape index (κ2) is 4.73. The van der Waals surface area contributed by atoms with Crippen molar-refractivity contribution in [3.8, 4) is 0 Å². The Hall–Kier alpha value is -0.640. The molecule has 3 nitrogen and oxygen atoms in total. The molecular weight excluding hydrogens is 200 g/mol. The van der Waals surface area contributed by atoms with Crippen LogP contribution in [0.3, 0.4) is 0 Å². The van der Waals surface area contributed by atoms with E-state index in [9.17, 15) is 5.11 Å². The zero-order valence-corrected chi connectivity index (χ0v) is 9.12. The van der Waals surface area contributed by atoms with Crippen molar-refractivity contribution in [3.63, 3.8) is 0 Å². The van der Waals surface area contributed by atoms with Gasteiger partial charge in [-0.05, 0) is 25.0 Å². The van der Waals surface area contributed by atoms with Gasteiger partial charge in [-0.15, -0.1) is 0 Å². The molecular formula is C10H15ClN2O. The summed E-state index contributed by atoms with van der Waals surface area (Å²) in [7, 11) is 0. The standard InChI is InChI=1S/C10H15ClN2O/c1-3-8(12)10(14)7-5-13-9(11)4-6(7)2/h4-5,8,10,14H,3,12H2,1-2H3/t8-,10+/m1/s1. The van der Waals surface area contributed by atoms with E-state index in [1.165, 1.54) is 0 Å². The van der Waals surface area contributed by atoms with Crippen LogP contribution in [0.2, 0.25) is 5.15 Å². The molecule has 0 aliphatic carbocycles. The summed E-state index contributed by atoms with van der Waals surface area (Å²) in [4.78, 5) is 3.93. The number of rotatable bonds is 3. The highest BCUT2D eigenvalue weighted by Gasteiger charge is 2.17. The van der Waals surface area contributed by atoms with Crippen LogP contribution >= 0.6 is 11.6 Å². The van der Waals surface area contributed by atoms with Crippen molar-refractivity contribution < 1.29 is 5.11 Å². The zero-order valence-electron chi connectivity index (χ0n) is 8.37. The van der Waals surface area contributed by atoms with Gasteiger partial charge in [0.05, 0.1) is 6.10 Å². The van der Waals surface area contributed by atoms with Crippen LogP contribution in [0.5, 0.6) is 0 Å². The van der Waals surface area contributed by atoms with Crippen LogP contribution in [0.15, 0.2) is 12.3 Å². The summed E-state index contributed by atoms with van der Waals surface area (Å²) in [6.45, 7) is 3.82. The molecule has 0 amide bonds. The van der Waals surface area contributed by atoms with Crippen molar-refractivity contribution in [2.75, 3.05) is 0 Å². The molecule has 0 unspecified atom stereocenters. The van der Waals surface area contributed by atoms with E-state index in [0.29, 0.717) is 5.15 Å². The molecule has 1 rings (SSSR count). The fraction of sp³-hybridized carbons (Fsp3) is 0.500. The van der Waals surface area contributed by atoms with Gasteiger partial charge in [-0.1, -0.05) is 18.5 Å². The van der Waals surface area contributed by atoms with Gasteiger partial charge in [-0.3, -0.25) is 0 Å². The number of nitrogens with zero attached hydrogens (tertiary/aromatic N) is 1. The van der Waals surface area contributed by atoms with E-state index < -0.39 is 6.10 Å². The Balaban J connectivity index is 2.95. The third-order valence-electron chi connectivity index (χ3n) is 2.31. The molecule has 0 aromatic carbocycles. The van der Waals surface area contributed by atoms with Crippen LogP contribution in [-0.2, 0) is 0 Å². The third-order valence-corrected chi connectivity index (χ3v) is 2.52.